The van der Waals surface area contributed by atoms with Gasteiger partial charge >= 0.3 is 0 Å². The monoisotopic (exact) mass is 242 g/mol. The molecule has 0 radical (unpaired) electrons. The van der Waals surface area contributed by atoms with Crippen LogP contribution in [0.15, 0.2) is 36.5 Å². The normalized spacial score (nSPS) is 12.9. The van der Waals surface area contributed by atoms with Gasteiger partial charge in [0, 0.05) is 17.1 Å². The lowest BCUT2D eigenvalue weighted by Crippen LogP contribution is -2.32. The minimum atomic E-state index is -0.447. The third-order valence-corrected chi connectivity index (χ3v) is 2.96. The number of carbonyl (C=O) groups is 1. The van der Waals surface area contributed by atoms with Crippen molar-refractivity contribution in [2.45, 2.75) is 26.3 Å². The smallest absolute Gasteiger partial charge is 0.181 e. The van der Waals surface area contributed by atoms with Gasteiger partial charge in [-0.3, -0.25) is 9.78 Å². The molecule has 0 amide bonds. The van der Waals surface area contributed by atoms with E-state index in [1.807, 2.05) is 24.3 Å². The molecule has 1 aromatic heterocycles. The van der Waals surface area contributed by atoms with Crippen LogP contribution < -0.4 is 5.73 Å². The van der Waals surface area contributed by atoms with E-state index in [1.54, 1.807) is 12.3 Å². The lowest BCUT2D eigenvalue weighted by atomic mass is 9.95. The van der Waals surface area contributed by atoms with E-state index in [4.69, 9.17) is 5.73 Å². The molecule has 2 rings (SSSR count). The fourth-order valence-corrected chi connectivity index (χ4v) is 2.12. The van der Waals surface area contributed by atoms with Gasteiger partial charge in [-0.05, 0) is 24.5 Å². The summed E-state index contributed by atoms with van der Waals surface area (Å²) in [6.07, 6.45) is 2.40. The van der Waals surface area contributed by atoms with Gasteiger partial charge in [0.2, 0.25) is 0 Å². The van der Waals surface area contributed by atoms with Gasteiger partial charge in [0.25, 0.3) is 0 Å². The van der Waals surface area contributed by atoms with Gasteiger partial charge in [0.15, 0.2) is 5.78 Å². The molecule has 0 bridgehead atoms. The first kappa shape index (κ1) is 12.7. The molecule has 3 heteroatoms. The molecule has 18 heavy (non-hydrogen) atoms. The number of para-hydroxylation sites is 1. The maximum atomic E-state index is 12.3. The van der Waals surface area contributed by atoms with Crippen LogP contribution in [0.1, 0.15) is 30.6 Å². The summed E-state index contributed by atoms with van der Waals surface area (Å²) in [5.74, 6) is 0.389. The van der Waals surface area contributed by atoms with E-state index in [1.165, 1.54) is 0 Å². The number of hydrogen-bond donors (Lipinski definition) is 1. The standard InChI is InChI=1S/C15H18N2O/c1-10(2)9-13(16)15(18)12-7-3-5-11-6-4-8-17-14(11)12/h3-8,10,13H,9,16H2,1-2H3. The second-order valence-electron chi connectivity index (χ2n) is 4.98. The van der Waals surface area contributed by atoms with Crippen LogP contribution in [0, 0.1) is 5.92 Å². The Kier molecular flexibility index (Phi) is 3.72. The van der Waals surface area contributed by atoms with Gasteiger partial charge in [-0.25, -0.2) is 0 Å². The predicted octanol–water partition coefficient (Wildman–Crippen LogP) is 2.79. The van der Waals surface area contributed by atoms with Crippen LogP contribution in [0.3, 0.4) is 0 Å². The first-order chi connectivity index (χ1) is 8.59. The Bertz CT molecular complexity index is 558. The molecule has 0 spiro atoms. The molecule has 0 saturated carbocycles. The zero-order valence-corrected chi connectivity index (χ0v) is 10.8. The molecule has 1 aromatic carbocycles. The second kappa shape index (κ2) is 5.27. The van der Waals surface area contributed by atoms with Crippen molar-refractivity contribution in [3.8, 4) is 0 Å². The molecule has 2 N–H and O–H groups in total. The molecule has 0 fully saturated rings. The largest absolute Gasteiger partial charge is 0.321 e. The number of benzene rings is 1. The summed E-state index contributed by atoms with van der Waals surface area (Å²) in [6.45, 7) is 4.13. The number of nitrogens with zero attached hydrogens (tertiary/aromatic N) is 1. The van der Waals surface area contributed by atoms with Crippen LogP contribution in [0.25, 0.3) is 10.9 Å². The topological polar surface area (TPSA) is 56.0 Å². The van der Waals surface area contributed by atoms with Gasteiger partial charge in [0.05, 0.1) is 11.6 Å². The second-order valence-corrected chi connectivity index (χ2v) is 4.98. The Balaban J connectivity index is 2.39. The molecular formula is C15H18N2O. The molecule has 1 heterocycles. The lowest BCUT2D eigenvalue weighted by Gasteiger charge is -2.13. The maximum absolute atomic E-state index is 12.3. The summed E-state index contributed by atoms with van der Waals surface area (Å²) >= 11 is 0. The maximum Gasteiger partial charge on any atom is 0.181 e. The Morgan fingerprint density at radius 2 is 2.00 bits per heavy atom. The molecule has 1 atom stereocenters. The highest BCUT2D eigenvalue weighted by molar-refractivity contribution is 6.09. The third-order valence-electron chi connectivity index (χ3n) is 2.96. The summed E-state index contributed by atoms with van der Waals surface area (Å²) < 4.78 is 0. The fraction of sp³-hybridized carbons (Fsp3) is 0.333. The van der Waals surface area contributed by atoms with E-state index in [0.717, 1.165) is 10.9 Å². The quantitative estimate of drug-likeness (QED) is 0.839. The predicted molar refractivity (Wildman–Crippen MR) is 73.5 cm³/mol. The number of pyridine rings is 1. The van der Waals surface area contributed by atoms with Crippen molar-refractivity contribution in [3.05, 3.63) is 42.1 Å². The number of hydrogen-bond acceptors (Lipinski definition) is 3. The van der Waals surface area contributed by atoms with Crippen molar-refractivity contribution in [3.63, 3.8) is 0 Å². The van der Waals surface area contributed by atoms with Crippen molar-refractivity contribution in [1.82, 2.24) is 4.98 Å². The van der Waals surface area contributed by atoms with Crippen molar-refractivity contribution < 1.29 is 4.79 Å². The first-order valence-corrected chi connectivity index (χ1v) is 6.23. The summed E-state index contributed by atoms with van der Waals surface area (Å²) in [7, 11) is 0. The number of nitrogens with two attached hydrogens (primary N) is 1. The van der Waals surface area contributed by atoms with Gasteiger partial charge in [-0.1, -0.05) is 32.0 Å². The lowest BCUT2D eigenvalue weighted by molar-refractivity contribution is 0.0952. The minimum Gasteiger partial charge on any atom is -0.321 e. The zero-order valence-electron chi connectivity index (χ0n) is 10.8. The molecule has 3 nitrogen and oxygen atoms in total. The number of rotatable bonds is 4. The number of carbonyl (C=O) groups excluding carboxylic acids is 1. The number of aromatic nitrogens is 1. The first-order valence-electron chi connectivity index (χ1n) is 6.23. The van der Waals surface area contributed by atoms with Crippen LogP contribution in [-0.4, -0.2) is 16.8 Å². The molecule has 0 saturated heterocycles. The molecule has 1 unspecified atom stereocenters. The van der Waals surface area contributed by atoms with E-state index in [0.29, 0.717) is 17.9 Å². The van der Waals surface area contributed by atoms with Crippen LogP contribution >= 0.6 is 0 Å². The summed E-state index contributed by atoms with van der Waals surface area (Å²) in [6, 6.07) is 9.00. The summed E-state index contributed by atoms with van der Waals surface area (Å²) in [5, 5.41) is 0.972. The van der Waals surface area contributed by atoms with Gasteiger partial charge in [0.1, 0.15) is 0 Å². The molecule has 0 aliphatic heterocycles. The molecular weight excluding hydrogens is 224 g/mol. The van der Waals surface area contributed by atoms with E-state index in [-0.39, 0.29) is 5.78 Å². The Morgan fingerprint density at radius 3 is 2.72 bits per heavy atom. The van der Waals surface area contributed by atoms with Gasteiger partial charge in [-0.15, -0.1) is 0 Å². The van der Waals surface area contributed by atoms with Crippen molar-refractivity contribution in [2.24, 2.45) is 11.7 Å². The van der Waals surface area contributed by atoms with Gasteiger partial charge < -0.3 is 5.73 Å². The van der Waals surface area contributed by atoms with Crippen LogP contribution in [-0.2, 0) is 0 Å². The SMILES string of the molecule is CC(C)CC(N)C(=O)c1cccc2cccnc12. The number of fused-ring (bicyclic) bond motifs is 1. The zero-order chi connectivity index (χ0) is 13.1. The molecule has 94 valence electrons. The Labute approximate surface area is 107 Å². The average molecular weight is 242 g/mol. The summed E-state index contributed by atoms with van der Waals surface area (Å²) in [4.78, 5) is 16.6. The Hall–Kier alpha value is -1.74. The van der Waals surface area contributed by atoms with E-state index in [9.17, 15) is 4.79 Å². The minimum absolute atomic E-state index is 0.0204. The number of Topliss-reactive ketones (excluding diaryl/α,β-unsaturated/α-hetero) is 1. The highest BCUT2D eigenvalue weighted by Crippen LogP contribution is 2.18. The van der Waals surface area contributed by atoms with Crippen molar-refractivity contribution in [1.29, 1.82) is 0 Å². The molecule has 2 aromatic rings. The van der Waals surface area contributed by atoms with Crippen LogP contribution in [0.2, 0.25) is 0 Å². The highest BCUT2D eigenvalue weighted by atomic mass is 16.1. The van der Waals surface area contributed by atoms with Crippen molar-refractivity contribution in [2.75, 3.05) is 0 Å². The highest BCUT2D eigenvalue weighted by Gasteiger charge is 2.19. The van der Waals surface area contributed by atoms with Gasteiger partial charge in [-0.2, -0.15) is 0 Å². The van der Waals surface area contributed by atoms with Crippen LogP contribution in [0.4, 0.5) is 0 Å². The fourth-order valence-electron chi connectivity index (χ4n) is 2.12. The average Bonchev–Trinajstić information content (AvgIpc) is 2.36. The van der Waals surface area contributed by atoms with E-state index >= 15 is 0 Å². The third kappa shape index (κ3) is 2.57. The van der Waals surface area contributed by atoms with Crippen LogP contribution in [0.5, 0.6) is 0 Å². The van der Waals surface area contributed by atoms with Crippen molar-refractivity contribution >= 4 is 16.7 Å². The Morgan fingerprint density at radius 1 is 1.28 bits per heavy atom. The summed E-state index contributed by atoms with van der Waals surface area (Å²) in [5.41, 5.74) is 7.33. The molecule has 0 aliphatic carbocycles. The number of ketones is 1. The van der Waals surface area contributed by atoms with E-state index < -0.39 is 6.04 Å². The molecule has 0 aliphatic rings. The van der Waals surface area contributed by atoms with E-state index in [2.05, 4.69) is 18.8 Å².